The maximum absolute atomic E-state index is 4.78. The van der Waals surface area contributed by atoms with E-state index in [0.29, 0.717) is 5.92 Å². The molecule has 0 N–H and O–H groups in total. The minimum Gasteiger partial charge on any atom is -0.378 e. The first kappa shape index (κ1) is 14.4. The first-order chi connectivity index (χ1) is 9.02. The fraction of sp³-hybridized carbons (Fsp3) is 0.400. The van der Waals surface area contributed by atoms with Crippen LogP contribution in [0.1, 0.15) is 30.3 Å². The maximum atomic E-state index is 4.78. The van der Waals surface area contributed by atoms with Crippen molar-refractivity contribution >= 4 is 29.7 Å². The third kappa shape index (κ3) is 3.12. The van der Waals surface area contributed by atoms with E-state index in [4.69, 9.17) is 4.98 Å². The Balaban J connectivity index is 2.36. The molecule has 0 aliphatic heterocycles. The van der Waals surface area contributed by atoms with E-state index in [1.54, 1.807) is 11.3 Å². The lowest BCUT2D eigenvalue weighted by atomic mass is 10.1. The minimum absolute atomic E-state index is 0.452. The molecule has 19 heavy (non-hydrogen) atoms. The summed E-state index contributed by atoms with van der Waals surface area (Å²) in [6.07, 6.45) is 0. The normalized spacial score (nSPS) is 11.1. The van der Waals surface area contributed by atoms with Gasteiger partial charge in [0.2, 0.25) is 0 Å². The molecule has 0 atom stereocenters. The highest BCUT2D eigenvalue weighted by Gasteiger charge is 2.14. The lowest BCUT2D eigenvalue weighted by Gasteiger charge is -2.12. The molecule has 2 aromatic rings. The highest BCUT2D eigenvalue weighted by Crippen LogP contribution is 2.33. The molecule has 2 rings (SSSR count). The number of rotatable bonds is 4. The van der Waals surface area contributed by atoms with Gasteiger partial charge in [-0.3, -0.25) is 0 Å². The van der Waals surface area contributed by atoms with Gasteiger partial charge in [-0.1, -0.05) is 13.8 Å². The second-order valence-electron chi connectivity index (χ2n) is 5.08. The van der Waals surface area contributed by atoms with Crippen LogP contribution < -0.4 is 4.90 Å². The van der Waals surface area contributed by atoms with Gasteiger partial charge in [-0.25, -0.2) is 4.98 Å². The summed E-state index contributed by atoms with van der Waals surface area (Å²) in [5.74, 6) is 1.22. The Morgan fingerprint density at radius 1 is 1.21 bits per heavy atom. The highest BCUT2D eigenvalue weighted by atomic mass is 32.1. The van der Waals surface area contributed by atoms with Gasteiger partial charge in [0.15, 0.2) is 0 Å². The smallest absolute Gasteiger partial charge is 0.123 e. The number of hydrogen-bond acceptors (Lipinski definition) is 4. The van der Waals surface area contributed by atoms with Crippen LogP contribution in [0.4, 0.5) is 5.69 Å². The molecule has 0 saturated carbocycles. The first-order valence-electron chi connectivity index (χ1n) is 6.41. The molecular weight excluding hydrogens is 272 g/mol. The fourth-order valence-corrected chi connectivity index (χ4v) is 3.39. The van der Waals surface area contributed by atoms with Gasteiger partial charge < -0.3 is 4.90 Å². The molecule has 0 amide bonds. The Kier molecular flexibility index (Phi) is 4.53. The van der Waals surface area contributed by atoms with E-state index in [2.05, 4.69) is 55.6 Å². The van der Waals surface area contributed by atoms with Gasteiger partial charge in [-0.2, -0.15) is 12.6 Å². The molecule has 1 aromatic heterocycles. The van der Waals surface area contributed by atoms with Crippen LogP contribution in [0.2, 0.25) is 0 Å². The molecule has 2 nitrogen and oxygen atoms in total. The van der Waals surface area contributed by atoms with Crippen molar-refractivity contribution in [2.24, 2.45) is 0 Å². The monoisotopic (exact) mass is 292 g/mol. The summed E-state index contributed by atoms with van der Waals surface area (Å²) in [7, 11) is 4.10. The number of nitrogens with zero attached hydrogens (tertiary/aromatic N) is 2. The van der Waals surface area contributed by atoms with Gasteiger partial charge in [0.05, 0.1) is 5.69 Å². The van der Waals surface area contributed by atoms with Gasteiger partial charge in [0, 0.05) is 36.0 Å². The second-order valence-corrected chi connectivity index (χ2v) is 6.48. The number of thiol groups is 1. The van der Waals surface area contributed by atoms with Crippen molar-refractivity contribution in [1.82, 2.24) is 4.98 Å². The number of hydrogen-bond donors (Lipinski definition) is 1. The topological polar surface area (TPSA) is 16.1 Å². The molecule has 4 heteroatoms. The van der Waals surface area contributed by atoms with Crippen molar-refractivity contribution in [1.29, 1.82) is 0 Å². The molecule has 0 aliphatic rings. The van der Waals surface area contributed by atoms with E-state index in [0.717, 1.165) is 10.8 Å². The van der Waals surface area contributed by atoms with Crippen LogP contribution in [0.5, 0.6) is 0 Å². The van der Waals surface area contributed by atoms with Crippen molar-refractivity contribution in [2.45, 2.75) is 25.5 Å². The van der Waals surface area contributed by atoms with Gasteiger partial charge in [-0.05, 0) is 30.2 Å². The highest BCUT2D eigenvalue weighted by molar-refractivity contribution is 7.79. The summed E-state index contributed by atoms with van der Waals surface area (Å²) >= 11 is 6.16. The van der Waals surface area contributed by atoms with Crippen LogP contribution in [0.15, 0.2) is 24.3 Å². The zero-order chi connectivity index (χ0) is 14.0. The SMILES string of the molecule is CC(C)c1nc(-c2ccc(N(C)C)cc2)sc1CS. The Labute approximate surface area is 124 Å². The standard InChI is InChI=1S/C15H20N2S2/c1-10(2)14-13(9-18)19-15(16-14)11-5-7-12(8-6-11)17(3)4/h5-8,10,18H,9H2,1-4H3. The molecule has 0 unspecified atom stereocenters. The lowest BCUT2D eigenvalue weighted by Crippen LogP contribution is -2.07. The van der Waals surface area contributed by atoms with Crippen molar-refractivity contribution < 1.29 is 0 Å². The van der Waals surface area contributed by atoms with E-state index in [1.807, 2.05) is 14.1 Å². The van der Waals surface area contributed by atoms with Crippen molar-refractivity contribution in [2.75, 3.05) is 19.0 Å². The number of aromatic nitrogens is 1. The van der Waals surface area contributed by atoms with Crippen LogP contribution in [0, 0.1) is 0 Å². The van der Waals surface area contributed by atoms with E-state index in [-0.39, 0.29) is 0 Å². The molecule has 0 bridgehead atoms. The van der Waals surface area contributed by atoms with Crippen molar-refractivity contribution in [3.05, 3.63) is 34.8 Å². The molecule has 0 radical (unpaired) electrons. The summed E-state index contributed by atoms with van der Waals surface area (Å²) in [6.45, 7) is 4.36. The van der Waals surface area contributed by atoms with E-state index in [9.17, 15) is 0 Å². The summed E-state index contributed by atoms with van der Waals surface area (Å²) < 4.78 is 0. The van der Waals surface area contributed by atoms with E-state index >= 15 is 0 Å². The fourth-order valence-electron chi connectivity index (χ4n) is 1.95. The zero-order valence-electron chi connectivity index (χ0n) is 11.8. The first-order valence-corrected chi connectivity index (χ1v) is 7.86. The number of thiazole rings is 1. The summed E-state index contributed by atoms with van der Waals surface area (Å²) in [4.78, 5) is 8.17. The summed E-state index contributed by atoms with van der Waals surface area (Å²) in [5.41, 5.74) is 3.58. The lowest BCUT2D eigenvalue weighted by molar-refractivity contribution is 0.825. The van der Waals surface area contributed by atoms with Crippen molar-refractivity contribution in [3.63, 3.8) is 0 Å². The summed E-state index contributed by atoms with van der Waals surface area (Å²) in [5, 5.41) is 1.10. The predicted molar refractivity (Wildman–Crippen MR) is 88.7 cm³/mol. The molecular formula is C15H20N2S2. The van der Waals surface area contributed by atoms with Crippen LogP contribution >= 0.6 is 24.0 Å². The quantitative estimate of drug-likeness (QED) is 0.839. The molecule has 0 aliphatic carbocycles. The largest absolute Gasteiger partial charge is 0.378 e. The Hall–Kier alpha value is -1.00. The number of benzene rings is 1. The van der Waals surface area contributed by atoms with Crippen molar-refractivity contribution in [3.8, 4) is 10.6 Å². The molecule has 1 heterocycles. The van der Waals surface area contributed by atoms with Gasteiger partial charge in [-0.15, -0.1) is 11.3 Å². The molecule has 102 valence electrons. The van der Waals surface area contributed by atoms with Gasteiger partial charge in [0.1, 0.15) is 5.01 Å². The second kappa shape index (κ2) is 5.97. The third-order valence-electron chi connectivity index (χ3n) is 3.05. The Bertz CT molecular complexity index is 542. The average molecular weight is 292 g/mol. The predicted octanol–water partition coefficient (Wildman–Crippen LogP) is 4.43. The maximum Gasteiger partial charge on any atom is 0.123 e. The Morgan fingerprint density at radius 2 is 1.84 bits per heavy atom. The summed E-state index contributed by atoms with van der Waals surface area (Å²) in [6, 6.07) is 8.54. The van der Waals surface area contributed by atoms with Crippen LogP contribution in [-0.2, 0) is 5.75 Å². The molecule has 0 saturated heterocycles. The molecule has 0 fully saturated rings. The zero-order valence-corrected chi connectivity index (χ0v) is 13.6. The van der Waals surface area contributed by atoms with Crippen LogP contribution in [0.3, 0.4) is 0 Å². The van der Waals surface area contributed by atoms with E-state index < -0.39 is 0 Å². The Morgan fingerprint density at radius 3 is 2.26 bits per heavy atom. The molecule has 0 spiro atoms. The molecule has 1 aromatic carbocycles. The van der Waals surface area contributed by atoms with Gasteiger partial charge in [0.25, 0.3) is 0 Å². The van der Waals surface area contributed by atoms with Crippen LogP contribution in [-0.4, -0.2) is 19.1 Å². The van der Waals surface area contributed by atoms with Gasteiger partial charge >= 0.3 is 0 Å². The average Bonchev–Trinajstić information content (AvgIpc) is 2.83. The third-order valence-corrected chi connectivity index (χ3v) is 4.70. The van der Waals surface area contributed by atoms with E-state index in [1.165, 1.54) is 21.8 Å². The van der Waals surface area contributed by atoms with Crippen LogP contribution in [0.25, 0.3) is 10.6 Å². The number of anilines is 1. The minimum atomic E-state index is 0.452.